The molecule has 1 heterocycles. The Morgan fingerprint density at radius 2 is 1.76 bits per heavy atom. The topological polar surface area (TPSA) is 27.7 Å². The number of hydrogen-bond acceptors (Lipinski definition) is 3. The van der Waals surface area contributed by atoms with Crippen LogP contribution >= 0.6 is 0 Å². The van der Waals surface area contributed by atoms with E-state index in [4.69, 9.17) is 14.0 Å². The van der Waals surface area contributed by atoms with E-state index >= 15 is 0 Å². The summed E-state index contributed by atoms with van der Waals surface area (Å²) in [6.07, 6.45) is 1.96. The Bertz CT molecular complexity index is 486. The molecule has 116 valence electrons. The van der Waals surface area contributed by atoms with Crippen LogP contribution in [0.1, 0.15) is 47.5 Å². The maximum atomic E-state index is 13.5. The summed E-state index contributed by atoms with van der Waals surface area (Å²) in [7, 11) is -0.535. The molecule has 5 heteroatoms. The van der Waals surface area contributed by atoms with Crippen LogP contribution < -0.4 is 10.2 Å². The first-order valence-corrected chi connectivity index (χ1v) is 7.55. The second kappa shape index (κ2) is 5.97. The van der Waals surface area contributed by atoms with Gasteiger partial charge in [0, 0.05) is 11.5 Å². The van der Waals surface area contributed by atoms with Gasteiger partial charge in [0.15, 0.2) is 0 Å². The molecule has 0 aliphatic carbocycles. The first kappa shape index (κ1) is 16.3. The summed E-state index contributed by atoms with van der Waals surface area (Å²) in [6.45, 7) is 10.6. The van der Waals surface area contributed by atoms with E-state index < -0.39 is 18.3 Å². The highest BCUT2D eigenvalue weighted by molar-refractivity contribution is 6.63. The molecule has 1 fully saturated rings. The van der Waals surface area contributed by atoms with Crippen LogP contribution in [-0.4, -0.2) is 24.9 Å². The Hall–Kier alpha value is -1.07. The Labute approximate surface area is 126 Å². The molecule has 0 spiro atoms. The van der Waals surface area contributed by atoms with Gasteiger partial charge in [-0.2, -0.15) is 0 Å². The average molecular weight is 294 g/mol. The van der Waals surface area contributed by atoms with Crippen molar-refractivity contribution >= 4 is 12.6 Å². The summed E-state index contributed by atoms with van der Waals surface area (Å²) in [5, 5.41) is 0. The van der Waals surface area contributed by atoms with Crippen LogP contribution in [0.5, 0.6) is 5.75 Å². The van der Waals surface area contributed by atoms with Crippen molar-refractivity contribution in [3.05, 3.63) is 24.0 Å². The largest absolute Gasteiger partial charge is 0.498 e. The fraction of sp³-hybridized carbons (Fsp3) is 0.625. The summed E-state index contributed by atoms with van der Waals surface area (Å²) in [4.78, 5) is 0. The Balaban J connectivity index is 2.24. The lowest BCUT2D eigenvalue weighted by atomic mass is 9.78. The maximum Gasteiger partial charge on any atom is 0.498 e. The van der Waals surface area contributed by atoms with Crippen LogP contribution in [0.2, 0.25) is 0 Å². The van der Waals surface area contributed by atoms with Crippen molar-refractivity contribution < 1.29 is 18.4 Å². The third-order valence-corrected chi connectivity index (χ3v) is 4.24. The summed E-state index contributed by atoms with van der Waals surface area (Å²) in [6, 6.07) is 4.49. The van der Waals surface area contributed by atoms with Crippen molar-refractivity contribution in [1.82, 2.24) is 0 Å². The molecule has 0 radical (unpaired) electrons. The highest BCUT2D eigenvalue weighted by Crippen LogP contribution is 2.37. The number of benzene rings is 1. The third-order valence-electron chi connectivity index (χ3n) is 4.24. The molecule has 1 saturated heterocycles. The molecular formula is C16H24BFO3. The molecule has 21 heavy (non-hydrogen) atoms. The lowest BCUT2D eigenvalue weighted by Gasteiger charge is -2.32. The lowest BCUT2D eigenvalue weighted by molar-refractivity contribution is 0.00578. The van der Waals surface area contributed by atoms with Crippen LogP contribution in [-0.2, 0) is 9.31 Å². The van der Waals surface area contributed by atoms with Gasteiger partial charge >= 0.3 is 7.12 Å². The first-order valence-electron chi connectivity index (χ1n) is 7.55. The van der Waals surface area contributed by atoms with E-state index in [1.54, 1.807) is 6.07 Å². The van der Waals surface area contributed by atoms with Crippen molar-refractivity contribution in [1.29, 1.82) is 0 Å². The second-order valence-corrected chi connectivity index (χ2v) is 6.47. The maximum absolute atomic E-state index is 13.5. The molecule has 0 atom stereocenters. The zero-order valence-electron chi connectivity index (χ0n) is 13.5. The molecule has 1 aliphatic rings. The van der Waals surface area contributed by atoms with Gasteiger partial charge < -0.3 is 14.0 Å². The summed E-state index contributed by atoms with van der Waals surface area (Å²) in [5.41, 5.74) is -0.106. The van der Waals surface area contributed by atoms with Crippen molar-refractivity contribution in [2.45, 2.75) is 58.7 Å². The number of unbranched alkanes of at least 4 members (excludes halogenated alkanes) is 1. The van der Waals surface area contributed by atoms with Crippen LogP contribution in [0.15, 0.2) is 18.2 Å². The number of hydrogen-bond donors (Lipinski definition) is 0. The Morgan fingerprint density at radius 3 is 2.33 bits per heavy atom. The second-order valence-electron chi connectivity index (χ2n) is 6.47. The van der Waals surface area contributed by atoms with Crippen LogP contribution in [0, 0.1) is 5.82 Å². The fourth-order valence-electron chi connectivity index (χ4n) is 2.12. The molecule has 0 unspecified atom stereocenters. The van der Waals surface area contributed by atoms with E-state index in [0.717, 1.165) is 18.3 Å². The van der Waals surface area contributed by atoms with E-state index in [-0.39, 0.29) is 5.82 Å². The van der Waals surface area contributed by atoms with Gasteiger partial charge in [0.25, 0.3) is 0 Å². The molecule has 0 bridgehead atoms. The van der Waals surface area contributed by atoms with Crippen molar-refractivity contribution in [2.24, 2.45) is 0 Å². The molecule has 0 amide bonds. The van der Waals surface area contributed by atoms with Crippen LogP contribution in [0.25, 0.3) is 0 Å². The molecule has 0 aromatic heterocycles. The number of rotatable bonds is 5. The van der Waals surface area contributed by atoms with E-state index in [0.29, 0.717) is 12.4 Å². The van der Waals surface area contributed by atoms with Gasteiger partial charge in [-0.15, -0.1) is 0 Å². The van der Waals surface area contributed by atoms with E-state index in [9.17, 15) is 4.39 Å². The lowest BCUT2D eigenvalue weighted by Crippen LogP contribution is -2.41. The minimum atomic E-state index is -0.535. The number of halogens is 1. The fourth-order valence-corrected chi connectivity index (χ4v) is 2.12. The summed E-state index contributed by atoms with van der Waals surface area (Å²) >= 11 is 0. The van der Waals surface area contributed by atoms with Gasteiger partial charge in [0.2, 0.25) is 0 Å². The van der Waals surface area contributed by atoms with E-state index in [1.165, 1.54) is 12.1 Å². The third kappa shape index (κ3) is 3.41. The van der Waals surface area contributed by atoms with E-state index in [1.807, 2.05) is 27.7 Å². The van der Waals surface area contributed by atoms with Gasteiger partial charge in [-0.3, -0.25) is 0 Å². The molecule has 3 nitrogen and oxygen atoms in total. The molecule has 1 aromatic rings. The zero-order chi connectivity index (χ0) is 15.7. The predicted molar refractivity (Wildman–Crippen MR) is 82.5 cm³/mol. The summed E-state index contributed by atoms with van der Waals surface area (Å²) < 4.78 is 31.2. The minimum absolute atomic E-state index is 0.318. The Morgan fingerprint density at radius 1 is 1.14 bits per heavy atom. The van der Waals surface area contributed by atoms with Gasteiger partial charge in [0.1, 0.15) is 11.6 Å². The monoisotopic (exact) mass is 294 g/mol. The van der Waals surface area contributed by atoms with Gasteiger partial charge in [-0.05, 0) is 40.2 Å². The predicted octanol–water partition coefficient (Wildman–Crippen LogP) is 3.30. The first-order chi connectivity index (χ1) is 9.77. The SMILES string of the molecule is CCCCOc1cc(F)ccc1B1OC(C)(C)C(C)(C)O1. The number of ether oxygens (including phenoxy) is 1. The van der Waals surface area contributed by atoms with Crippen molar-refractivity contribution in [3.8, 4) is 5.75 Å². The summed E-state index contributed by atoms with van der Waals surface area (Å²) in [5.74, 6) is 0.184. The van der Waals surface area contributed by atoms with Gasteiger partial charge in [-0.1, -0.05) is 19.4 Å². The van der Waals surface area contributed by atoms with Crippen LogP contribution in [0.3, 0.4) is 0 Å². The van der Waals surface area contributed by atoms with Crippen LogP contribution in [0.4, 0.5) is 4.39 Å². The molecular weight excluding hydrogens is 270 g/mol. The molecule has 0 N–H and O–H groups in total. The highest BCUT2D eigenvalue weighted by Gasteiger charge is 2.52. The van der Waals surface area contributed by atoms with Gasteiger partial charge in [-0.25, -0.2) is 4.39 Å². The smallest absolute Gasteiger partial charge is 0.494 e. The molecule has 1 aliphatic heterocycles. The molecule has 0 saturated carbocycles. The highest BCUT2D eigenvalue weighted by atomic mass is 19.1. The van der Waals surface area contributed by atoms with Gasteiger partial charge in [0.05, 0.1) is 17.8 Å². The van der Waals surface area contributed by atoms with E-state index in [2.05, 4.69) is 6.92 Å². The normalized spacial score (nSPS) is 19.8. The zero-order valence-corrected chi connectivity index (χ0v) is 13.5. The van der Waals surface area contributed by atoms with Crippen molar-refractivity contribution in [3.63, 3.8) is 0 Å². The minimum Gasteiger partial charge on any atom is -0.494 e. The molecule has 1 aromatic carbocycles. The quantitative estimate of drug-likeness (QED) is 0.616. The average Bonchev–Trinajstić information content (AvgIpc) is 2.58. The van der Waals surface area contributed by atoms with Crippen molar-refractivity contribution in [2.75, 3.05) is 6.61 Å². The Kier molecular flexibility index (Phi) is 4.64. The molecule has 2 rings (SSSR count). The standard InChI is InChI=1S/C16H24BFO3/c1-6-7-10-19-14-11-12(18)8-9-13(14)17-20-15(2,3)16(4,5)21-17/h8-9,11H,6-7,10H2,1-5H3.